The largest absolute Gasteiger partial charge is 0.457 e. The Balaban J connectivity index is 1.52. The van der Waals surface area contributed by atoms with Gasteiger partial charge in [-0.15, -0.1) is 0 Å². The Labute approximate surface area is 207 Å². The highest BCUT2D eigenvalue weighted by atomic mass is 35.5. The SMILES string of the molecule is CC(C)c1ccc(Oc2ccc3cc(C(=O)NS(=O)(=O)c4ccc(Cl)cc4Cl)cnc3c2)cc1. The second-order valence-electron chi connectivity index (χ2n) is 7.91. The smallest absolute Gasteiger partial charge is 0.266 e. The number of pyridine rings is 1. The molecular formula is C25H20Cl2N2O4S. The molecule has 3 aromatic carbocycles. The van der Waals surface area contributed by atoms with Crippen molar-refractivity contribution in [3.05, 3.63) is 94.1 Å². The number of hydrogen-bond donors (Lipinski definition) is 1. The van der Waals surface area contributed by atoms with E-state index in [9.17, 15) is 13.2 Å². The van der Waals surface area contributed by atoms with Gasteiger partial charge in [0.05, 0.1) is 16.1 Å². The standard InChI is InChI=1S/C25H20Cl2N2O4S/c1-15(2)16-3-7-20(8-4-16)33-21-9-5-17-11-18(14-28-23(17)13-21)25(30)29-34(31,32)24-10-6-19(26)12-22(24)27/h3-15H,1-2H3,(H,29,30). The predicted octanol–water partition coefficient (Wildman–Crippen LogP) is 6.58. The Hall–Kier alpha value is -3.13. The number of fused-ring (bicyclic) bond motifs is 1. The molecule has 0 saturated carbocycles. The van der Waals surface area contributed by atoms with Crippen LogP contribution in [0.5, 0.6) is 11.5 Å². The molecule has 174 valence electrons. The van der Waals surface area contributed by atoms with Crippen molar-refractivity contribution < 1.29 is 17.9 Å². The van der Waals surface area contributed by atoms with Gasteiger partial charge in [-0.2, -0.15) is 0 Å². The van der Waals surface area contributed by atoms with E-state index in [1.807, 2.05) is 29.0 Å². The fourth-order valence-corrected chi connectivity index (χ4v) is 5.02. The van der Waals surface area contributed by atoms with Crippen molar-refractivity contribution in [2.45, 2.75) is 24.7 Å². The van der Waals surface area contributed by atoms with E-state index in [0.29, 0.717) is 28.3 Å². The van der Waals surface area contributed by atoms with Crippen molar-refractivity contribution in [2.24, 2.45) is 0 Å². The number of aromatic nitrogens is 1. The zero-order chi connectivity index (χ0) is 24.5. The summed E-state index contributed by atoms with van der Waals surface area (Å²) in [7, 11) is -4.20. The number of carbonyl (C=O) groups excluding carboxylic acids is 1. The molecule has 1 aromatic heterocycles. The van der Waals surface area contributed by atoms with E-state index in [0.717, 1.165) is 0 Å². The van der Waals surface area contributed by atoms with E-state index in [1.165, 1.54) is 30.0 Å². The van der Waals surface area contributed by atoms with Crippen LogP contribution in [-0.4, -0.2) is 19.3 Å². The third-order valence-electron chi connectivity index (χ3n) is 5.11. The van der Waals surface area contributed by atoms with Crippen LogP contribution in [0.4, 0.5) is 0 Å². The van der Waals surface area contributed by atoms with Crippen LogP contribution in [0.2, 0.25) is 10.0 Å². The molecule has 4 aromatic rings. The second-order valence-corrected chi connectivity index (χ2v) is 10.4. The molecule has 0 spiro atoms. The molecule has 6 nitrogen and oxygen atoms in total. The first kappa shape index (κ1) is 24.0. The van der Waals surface area contributed by atoms with Crippen LogP contribution in [0, 0.1) is 0 Å². The molecule has 0 atom stereocenters. The van der Waals surface area contributed by atoms with Gasteiger partial charge in [-0.1, -0.05) is 49.2 Å². The molecule has 1 heterocycles. The number of halogens is 2. The van der Waals surface area contributed by atoms with Gasteiger partial charge in [0, 0.05) is 22.7 Å². The van der Waals surface area contributed by atoms with Gasteiger partial charge in [0.1, 0.15) is 16.4 Å². The summed E-state index contributed by atoms with van der Waals surface area (Å²) in [4.78, 5) is 16.7. The van der Waals surface area contributed by atoms with E-state index < -0.39 is 15.9 Å². The van der Waals surface area contributed by atoms with E-state index in [4.69, 9.17) is 27.9 Å². The van der Waals surface area contributed by atoms with Gasteiger partial charge in [-0.3, -0.25) is 9.78 Å². The molecule has 34 heavy (non-hydrogen) atoms. The Morgan fingerprint density at radius 1 is 0.941 bits per heavy atom. The van der Waals surface area contributed by atoms with Crippen LogP contribution in [0.3, 0.4) is 0 Å². The zero-order valence-electron chi connectivity index (χ0n) is 18.2. The van der Waals surface area contributed by atoms with Crippen molar-refractivity contribution in [1.29, 1.82) is 0 Å². The number of hydrogen-bond acceptors (Lipinski definition) is 5. The van der Waals surface area contributed by atoms with Crippen molar-refractivity contribution in [3.63, 3.8) is 0 Å². The molecule has 9 heteroatoms. The normalized spacial score (nSPS) is 11.6. The lowest BCUT2D eigenvalue weighted by Gasteiger charge is -2.10. The first-order valence-electron chi connectivity index (χ1n) is 10.3. The number of nitrogens with zero attached hydrogens (tertiary/aromatic N) is 1. The van der Waals surface area contributed by atoms with Gasteiger partial charge in [-0.25, -0.2) is 13.1 Å². The summed E-state index contributed by atoms with van der Waals surface area (Å²) in [5.41, 5.74) is 1.90. The number of sulfonamides is 1. The van der Waals surface area contributed by atoms with Crippen LogP contribution >= 0.6 is 23.2 Å². The summed E-state index contributed by atoms with van der Waals surface area (Å²) < 4.78 is 33.1. The van der Waals surface area contributed by atoms with Gasteiger partial charge in [0.15, 0.2) is 0 Å². The lowest BCUT2D eigenvalue weighted by Crippen LogP contribution is -2.30. The van der Waals surface area contributed by atoms with Crippen molar-refractivity contribution in [1.82, 2.24) is 9.71 Å². The molecule has 1 amide bonds. The number of benzene rings is 3. The quantitative estimate of drug-likeness (QED) is 0.314. The molecule has 0 bridgehead atoms. The minimum Gasteiger partial charge on any atom is -0.457 e. The van der Waals surface area contributed by atoms with Crippen molar-refractivity contribution in [3.8, 4) is 11.5 Å². The molecule has 0 radical (unpaired) electrons. The number of rotatable bonds is 6. The van der Waals surface area contributed by atoms with Gasteiger partial charge in [0.2, 0.25) is 0 Å². The fourth-order valence-electron chi connectivity index (χ4n) is 3.27. The molecular weight excluding hydrogens is 495 g/mol. The Morgan fingerprint density at radius 2 is 1.65 bits per heavy atom. The average Bonchev–Trinajstić information content (AvgIpc) is 2.78. The van der Waals surface area contributed by atoms with Gasteiger partial charge >= 0.3 is 0 Å². The maximum Gasteiger partial charge on any atom is 0.266 e. The first-order chi connectivity index (χ1) is 16.1. The van der Waals surface area contributed by atoms with Crippen LogP contribution in [0.25, 0.3) is 10.9 Å². The van der Waals surface area contributed by atoms with Crippen molar-refractivity contribution >= 4 is 50.0 Å². The Morgan fingerprint density at radius 3 is 2.32 bits per heavy atom. The maximum absolute atomic E-state index is 12.6. The summed E-state index contributed by atoms with van der Waals surface area (Å²) in [5, 5.41) is 0.845. The van der Waals surface area contributed by atoms with Crippen LogP contribution in [-0.2, 0) is 10.0 Å². The molecule has 0 unspecified atom stereocenters. The van der Waals surface area contributed by atoms with Crippen LogP contribution in [0.15, 0.2) is 77.8 Å². The van der Waals surface area contributed by atoms with Crippen LogP contribution < -0.4 is 9.46 Å². The Kier molecular flexibility index (Phi) is 6.79. The zero-order valence-corrected chi connectivity index (χ0v) is 20.6. The number of nitrogens with one attached hydrogen (secondary N) is 1. The molecule has 0 fully saturated rings. The van der Waals surface area contributed by atoms with Crippen LogP contribution in [0.1, 0.15) is 35.7 Å². The summed E-state index contributed by atoms with van der Waals surface area (Å²) >= 11 is 11.8. The van der Waals surface area contributed by atoms with E-state index in [2.05, 4.69) is 18.8 Å². The molecule has 0 aliphatic carbocycles. The lowest BCUT2D eigenvalue weighted by atomic mass is 10.0. The minimum absolute atomic E-state index is 0.0825. The van der Waals surface area contributed by atoms with Gasteiger partial charge in [-0.05, 0) is 60.0 Å². The third-order valence-corrected chi connectivity index (χ3v) is 7.16. The number of carbonyl (C=O) groups is 1. The summed E-state index contributed by atoms with van der Waals surface area (Å²) in [5.74, 6) is 0.898. The van der Waals surface area contributed by atoms with E-state index in [1.54, 1.807) is 24.3 Å². The monoisotopic (exact) mass is 514 g/mol. The highest BCUT2D eigenvalue weighted by Gasteiger charge is 2.22. The molecule has 4 rings (SSSR count). The summed E-state index contributed by atoms with van der Waals surface area (Å²) in [6.07, 6.45) is 1.30. The average molecular weight is 515 g/mol. The molecule has 1 N–H and O–H groups in total. The van der Waals surface area contributed by atoms with E-state index >= 15 is 0 Å². The summed E-state index contributed by atoms with van der Waals surface area (Å²) in [6, 6.07) is 18.6. The summed E-state index contributed by atoms with van der Waals surface area (Å²) in [6.45, 7) is 4.25. The van der Waals surface area contributed by atoms with E-state index in [-0.39, 0.29) is 20.5 Å². The Bertz CT molecular complexity index is 1490. The topological polar surface area (TPSA) is 85.4 Å². The fraction of sp³-hybridized carbons (Fsp3) is 0.120. The van der Waals surface area contributed by atoms with Gasteiger partial charge in [0.25, 0.3) is 15.9 Å². The minimum atomic E-state index is -4.20. The lowest BCUT2D eigenvalue weighted by molar-refractivity contribution is 0.0981. The third kappa shape index (κ3) is 5.33. The number of ether oxygens (including phenoxy) is 1. The predicted molar refractivity (Wildman–Crippen MR) is 133 cm³/mol. The maximum atomic E-state index is 12.6. The number of amides is 1. The molecule has 0 aliphatic heterocycles. The molecule has 0 saturated heterocycles. The second kappa shape index (κ2) is 9.62. The first-order valence-corrected chi connectivity index (χ1v) is 12.6. The highest BCUT2D eigenvalue weighted by Crippen LogP contribution is 2.28. The van der Waals surface area contributed by atoms with Gasteiger partial charge < -0.3 is 4.74 Å². The molecule has 0 aliphatic rings. The highest BCUT2D eigenvalue weighted by molar-refractivity contribution is 7.90. The van der Waals surface area contributed by atoms with Crippen molar-refractivity contribution in [2.75, 3.05) is 0 Å².